The number of carbonyl (C=O) groups excluding carboxylic acids is 1. The lowest BCUT2D eigenvalue weighted by Crippen LogP contribution is -2.31. The molecule has 120 valence electrons. The standard InChI is InChI=1S/C15H13F5O2/c1-3-7-4-5-15(2,6-7)14(21)22-13-11(19)9(17)8(16)10(18)12(13)20/h5,7H,1,3-4,6H2,2H3. The van der Waals surface area contributed by atoms with Crippen molar-refractivity contribution in [2.75, 3.05) is 0 Å². The van der Waals surface area contributed by atoms with E-state index in [-0.39, 0.29) is 5.92 Å². The highest BCUT2D eigenvalue weighted by molar-refractivity contribution is 5.81. The summed E-state index contributed by atoms with van der Waals surface area (Å²) in [4.78, 5) is 12.1. The molecule has 0 saturated heterocycles. The van der Waals surface area contributed by atoms with Crippen molar-refractivity contribution in [1.29, 1.82) is 0 Å². The van der Waals surface area contributed by atoms with Crippen LogP contribution in [0, 0.1) is 53.8 Å². The zero-order valence-corrected chi connectivity index (χ0v) is 11.7. The molecule has 0 aromatic heterocycles. The first-order valence-corrected chi connectivity index (χ1v) is 6.58. The first kappa shape index (κ1) is 16.7. The SMILES string of the molecule is [CH2]CC1C[CH]C(C)(C(=O)Oc2c(F)c(F)c(F)c(F)c2F)C1. The van der Waals surface area contributed by atoms with Gasteiger partial charge in [-0.05, 0) is 32.1 Å². The van der Waals surface area contributed by atoms with E-state index in [1.165, 1.54) is 6.92 Å². The van der Waals surface area contributed by atoms with Gasteiger partial charge in [-0.2, -0.15) is 8.78 Å². The number of rotatable bonds is 3. The summed E-state index contributed by atoms with van der Waals surface area (Å²) in [5.41, 5.74) is -1.15. The van der Waals surface area contributed by atoms with Crippen molar-refractivity contribution < 1.29 is 31.5 Å². The van der Waals surface area contributed by atoms with Gasteiger partial charge >= 0.3 is 5.97 Å². The van der Waals surface area contributed by atoms with Crippen LogP contribution in [-0.2, 0) is 4.79 Å². The Morgan fingerprint density at radius 1 is 1.18 bits per heavy atom. The average molecular weight is 320 g/mol. The van der Waals surface area contributed by atoms with E-state index in [9.17, 15) is 26.7 Å². The first-order valence-electron chi connectivity index (χ1n) is 6.58. The van der Waals surface area contributed by atoms with Gasteiger partial charge in [0.05, 0.1) is 5.41 Å². The second-order valence-corrected chi connectivity index (χ2v) is 5.50. The molecular formula is C15H13F5O2. The molecule has 2 atom stereocenters. The van der Waals surface area contributed by atoms with Crippen molar-refractivity contribution in [3.63, 3.8) is 0 Å². The Kier molecular flexibility index (Phi) is 4.44. The normalized spacial score (nSPS) is 24.6. The van der Waals surface area contributed by atoms with Gasteiger partial charge in [0.2, 0.25) is 34.8 Å². The van der Waals surface area contributed by atoms with E-state index in [2.05, 4.69) is 11.7 Å². The molecular weight excluding hydrogens is 307 g/mol. The third kappa shape index (κ3) is 2.68. The largest absolute Gasteiger partial charge is 0.420 e. The number of hydrogen-bond acceptors (Lipinski definition) is 2. The molecule has 2 nitrogen and oxygen atoms in total. The highest BCUT2D eigenvalue weighted by atomic mass is 19.2. The molecule has 1 aromatic rings. The Balaban J connectivity index is 2.30. The molecule has 1 saturated carbocycles. The summed E-state index contributed by atoms with van der Waals surface area (Å²) in [6.07, 6.45) is 3.07. The number of ether oxygens (including phenoxy) is 1. The lowest BCUT2D eigenvalue weighted by Gasteiger charge is -2.22. The fraction of sp³-hybridized carbons (Fsp3) is 0.400. The molecule has 0 heterocycles. The molecule has 2 rings (SSSR count). The molecule has 0 bridgehead atoms. The Labute approximate surface area is 124 Å². The second-order valence-electron chi connectivity index (χ2n) is 5.50. The molecule has 22 heavy (non-hydrogen) atoms. The monoisotopic (exact) mass is 320 g/mol. The van der Waals surface area contributed by atoms with Crippen LogP contribution in [0.15, 0.2) is 0 Å². The van der Waals surface area contributed by atoms with Crippen molar-refractivity contribution in [1.82, 2.24) is 0 Å². The molecule has 1 aliphatic carbocycles. The molecule has 0 amide bonds. The average Bonchev–Trinajstić information content (AvgIpc) is 2.90. The Morgan fingerprint density at radius 3 is 2.14 bits per heavy atom. The summed E-state index contributed by atoms with van der Waals surface area (Å²) in [6.45, 7) is 5.19. The Morgan fingerprint density at radius 2 is 1.68 bits per heavy atom. The summed E-state index contributed by atoms with van der Waals surface area (Å²) < 4.78 is 70.6. The van der Waals surface area contributed by atoms with Crippen molar-refractivity contribution in [2.45, 2.75) is 26.2 Å². The molecule has 2 unspecified atom stereocenters. The minimum absolute atomic E-state index is 0.105. The fourth-order valence-electron chi connectivity index (χ4n) is 2.46. The smallest absolute Gasteiger partial charge is 0.317 e. The molecule has 0 N–H and O–H groups in total. The molecule has 2 radical (unpaired) electrons. The molecule has 1 fully saturated rings. The number of halogens is 5. The van der Waals surface area contributed by atoms with Crippen LogP contribution in [0.1, 0.15) is 26.2 Å². The summed E-state index contributed by atoms with van der Waals surface area (Å²) in [5.74, 6) is -13.5. The second kappa shape index (κ2) is 5.85. The molecule has 1 aromatic carbocycles. The predicted molar refractivity (Wildman–Crippen MR) is 67.0 cm³/mol. The minimum Gasteiger partial charge on any atom is -0.420 e. The van der Waals surface area contributed by atoms with Crippen LogP contribution < -0.4 is 4.74 Å². The van der Waals surface area contributed by atoms with E-state index in [1.807, 2.05) is 0 Å². The zero-order valence-electron chi connectivity index (χ0n) is 11.7. The lowest BCUT2D eigenvalue weighted by molar-refractivity contribution is -0.143. The van der Waals surface area contributed by atoms with Gasteiger partial charge in [-0.15, -0.1) is 0 Å². The quantitative estimate of drug-likeness (QED) is 0.275. The summed E-state index contributed by atoms with van der Waals surface area (Å²) in [6, 6.07) is 0. The molecule has 0 spiro atoms. The van der Waals surface area contributed by atoms with Crippen molar-refractivity contribution in [3.8, 4) is 5.75 Å². The van der Waals surface area contributed by atoms with Crippen LogP contribution in [0.5, 0.6) is 5.75 Å². The highest BCUT2D eigenvalue weighted by Crippen LogP contribution is 2.43. The van der Waals surface area contributed by atoms with Gasteiger partial charge < -0.3 is 4.74 Å². The van der Waals surface area contributed by atoms with Crippen LogP contribution in [0.25, 0.3) is 0 Å². The van der Waals surface area contributed by atoms with Crippen LogP contribution in [0.4, 0.5) is 22.0 Å². The van der Waals surface area contributed by atoms with E-state index in [0.29, 0.717) is 19.3 Å². The van der Waals surface area contributed by atoms with Gasteiger partial charge in [-0.1, -0.05) is 13.3 Å². The van der Waals surface area contributed by atoms with Gasteiger partial charge in [-0.25, -0.2) is 13.2 Å². The summed E-state index contributed by atoms with van der Waals surface area (Å²) in [7, 11) is 0. The molecule has 0 aliphatic heterocycles. The Bertz CT molecular complexity index is 587. The zero-order chi connectivity index (χ0) is 16.7. The molecule has 1 aliphatic rings. The lowest BCUT2D eigenvalue weighted by atomic mass is 9.87. The van der Waals surface area contributed by atoms with Gasteiger partial charge in [-0.3, -0.25) is 4.79 Å². The predicted octanol–water partition coefficient (Wildman–Crippen LogP) is 4.13. The van der Waals surface area contributed by atoms with Crippen molar-refractivity contribution >= 4 is 5.97 Å². The summed E-state index contributed by atoms with van der Waals surface area (Å²) >= 11 is 0. The van der Waals surface area contributed by atoms with Crippen molar-refractivity contribution in [3.05, 3.63) is 42.4 Å². The topological polar surface area (TPSA) is 26.3 Å². The molecule has 7 heteroatoms. The first-order chi connectivity index (χ1) is 10.2. The van der Waals surface area contributed by atoms with Crippen LogP contribution in [0.2, 0.25) is 0 Å². The van der Waals surface area contributed by atoms with Crippen LogP contribution in [-0.4, -0.2) is 5.97 Å². The van der Waals surface area contributed by atoms with E-state index < -0.39 is 46.2 Å². The number of carbonyl (C=O) groups is 1. The summed E-state index contributed by atoms with van der Waals surface area (Å²) in [5, 5.41) is 0. The van der Waals surface area contributed by atoms with Gasteiger partial charge in [0, 0.05) is 0 Å². The maximum atomic E-state index is 13.5. The minimum atomic E-state index is -2.30. The van der Waals surface area contributed by atoms with Gasteiger partial charge in [0.15, 0.2) is 0 Å². The van der Waals surface area contributed by atoms with Crippen LogP contribution >= 0.6 is 0 Å². The van der Waals surface area contributed by atoms with Crippen LogP contribution in [0.3, 0.4) is 0 Å². The Hall–Kier alpha value is -1.66. The fourth-order valence-corrected chi connectivity index (χ4v) is 2.46. The van der Waals surface area contributed by atoms with E-state index in [0.717, 1.165) is 0 Å². The van der Waals surface area contributed by atoms with E-state index in [1.54, 1.807) is 6.42 Å². The maximum absolute atomic E-state index is 13.5. The van der Waals surface area contributed by atoms with Crippen molar-refractivity contribution in [2.24, 2.45) is 11.3 Å². The van der Waals surface area contributed by atoms with Gasteiger partial charge in [0.1, 0.15) is 0 Å². The number of hydrogen-bond donors (Lipinski definition) is 0. The highest BCUT2D eigenvalue weighted by Gasteiger charge is 2.43. The van der Waals surface area contributed by atoms with E-state index in [4.69, 9.17) is 0 Å². The van der Waals surface area contributed by atoms with Gasteiger partial charge in [0.25, 0.3) is 0 Å². The maximum Gasteiger partial charge on any atom is 0.317 e. The van der Waals surface area contributed by atoms with E-state index >= 15 is 0 Å². The number of esters is 1. The third-order valence-electron chi connectivity index (χ3n) is 3.85. The third-order valence-corrected chi connectivity index (χ3v) is 3.85. The number of benzene rings is 1.